The van der Waals surface area contributed by atoms with Gasteiger partial charge in [0.15, 0.2) is 3.77 Å². The Morgan fingerprint density at radius 3 is 2.81 bits per heavy atom. The molecule has 1 unspecified atom stereocenters. The number of fused-ring (bicyclic) bond motifs is 1. The van der Waals surface area contributed by atoms with Gasteiger partial charge in [-0.1, -0.05) is 36.4 Å². The highest BCUT2D eigenvalue weighted by Crippen LogP contribution is 2.30. The second-order valence-corrected chi connectivity index (χ2v) is 7.54. The number of hydrogen-bond acceptors (Lipinski definition) is 4. The minimum absolute atomic E-state index is 0.00275. The molecule has 0 saturated heterocycles. The third-order valence-electron chi connectivity index (χ3n) is 4.71. The van der Waals surface area contributed by atoms with Gasteiger partial charge in [-0.2, -0.15) is 0 Å². The summed E-state index contributed by atoms with van der Waals surface area (Å²) in [4.78, 5) is 16.6. The van der Waals surface area contributed by atoms with Gasteiger partial charge in [0.05, 0.1) is 6.20 Å². The van der Waals surface area contributed by atoms with Gasteiger partial charge in [0.1, 0.15) is 12.4 Å². The maximum Gasteiger partial charge on any atom is 0.264 e. The molecule has 0 fully saturated rings. The zero-order valence-corrected chi connectivity index (χ0v) is 16.3. The van der Waals surface area contributed by atoms with Gasteiger partial charge in [0.25, 0.3) is 5.89 Å². The highest BCUT2D eigenvalue weighted by atomic mass is 127. The summed E-state index contributed by atoms with van der Waals surface area (Å²) >= 11 is 2.03. The largest absolute Gasteiger partial charge is 0.489 e. The van der Waals surface area contributed by atoms with Crippen molar-refractivity contribution in [2.75, 3.05) is 0 Å². The van der Waals surface area contributed by atoms with Crippen LogP contribution in [0.15, 0.2) is 59.1 Å². The number of hydrogen-bond donors (Lipinski definition) is 0. The van der Waals surface area contributed by atoms with Crippen LogP contribution in [0.1, 0.15) is 33.8 Å². The molecule has 0 amide bonds. The Hall–Kier alpha value is -2.15. The van der Waals surface area contributed by atoms with Crippen LogP contribution in [0.4, 0.5) is 0 Å². The van der Waals surface area contributed by atoms with Crippen molar-refractivity contribution in [3.05, 3.63) is 81.1 Å². The average Bonchev–Trinajstić information content (AvgIpc) is 3.12. The molecule has 1 aliphatic rings. The van der Waals surface area contributed by atoms with Crippen molar-refractivity contribution in [2.45, 2.75) is 25.9 Å². The number of oxazole rings is 1. The highest BCUT2D eigenvalue weighted by molar-refractivity contribution is 14.1. The van der Waals surface area contributed by atoms with Gasteiger partial charge >= 0.3 is 0 Å². The number of nitrogens with zero attached hydrogens (tertiary/aromatic N) is 1. The fourth-order valence-corrected chi connectivity index (χ4v) is 3.68. The molecule has 4 rings (SSSR count). The Labute approximate surface area is 165 Å². The van der Waals surface area contributed by atoms with E-state index in [-0.39, 0.29) is 17.6 Å². The Morgan fingerprint density at radius 2 is 2.04 bits per heavy atom. The summed E-state index contributed by atoms with van der Waals surface area (Å²) in [5.74, 6) is 1.04. The number of carbonyl (C=O) groups excluding carboxylic acids is 1. The predicted octanol–water partition coefficient (Wildman–Crippen LogP) is 4.85. The number of ketones is 1. The number of aryl methyl sites for hydroxylation is 1. The van der Waals surface area contributed by atoms with Crippen LogP contribution in [0.5, 0.6) is 5.75 Å². The van der Waals surface area contributed by atoms with Crippen molar-refractivity contribution >= 4 is 28.4 Å². The molecule has 1 heterocycles. The molecule has 2 aromatic carbocycles. The minimum Gasteiger partial charge on any atom is -0.489 e. The summed E-state index contributed by atoms with van der Waals surface area (Å²) in [5.41, 5.74) is 3.63. The molecule has 1 aromatic heterocycles. The molecule has 4 nitrogen and oxygen atoms in total. The van der Waals surface area contributed by atoms with E-state index >= 15 is 0 Å². The summed E-state index contributed by atoms with van der Waals surface area (Å²) in [6, 6.07) is 16.3. The molecule has 1 atom stereocenters. The predicted molar refractivity (Wildman–Crippen MR) is 106 cm³/mol. The minimum atomic E-state index is -0.0620. The lowest BCUT2D eigenvalue weighted by Gasteiger charge is -2.23. The van der Waals surface area contributed by atoms with Crippen LogP contribution in [-0.4, -0.2) is 10.8 Å². The van der Waals surface area contributed by atoms with E-state index in [0.717, 1.165) is 30.6 Å². The maximum absolute atomic E-state index is 12.6. The second kappa shape index (κ2) is 7.61. The third-order valence-corrected chi connectivity index (χ3v) is 5.21. The first-order chi connectivity index (χ1) is 12.7. The first kappa shape index (κ1) is 17.3. The SMILES string of the molecule is O=C(c1ncc(I)o1)C1CCc2cc(OCc3ccccc3)ccc2C1. The van der Waals surface area contributed by atoms with E-state index in [0.29, 0.717) is 10.4 Å². The molecular weight excluding hydrogens is 441 g/mol. The fraction of sp³-hybridized carbons (Fsp3) is 0.238. The number of ether oxygens (including phenoxy) is 1. The molecule has 1 aliphatic carbocycles. The van der Waals surface area contributed by atoms with Crippen LogP contribution in [0.2, 0.25) is 0 Å². The van der Waals surface area contributed by atoms with Crippen LogP contribution in [0.3, 0.4) is 0 Å². The summed E-state index contributed by atoms with van der Waals surface area (Å²) in [6.07, 6.45) is 3.99. The Bertz CT molecular complexity index is 920. The average molecular weight is 459 g/mol. The van der Waals surface area contributed by atoms with Gasteiger partial charge in [0, 0.05) is 28.5 Å². The number of halogens is 1. The lowest BCUT2D eigenvalue weighted by molar-refractivity contribution is 0.0871. The van der Waals surface area contributed by atoms with Crippen molar-refractivity contribution in [2.24, 2.45) is 5.92 Å². The molecule has 0 radical (unpaired) electrons. The van der Waals surface area contributed by atoms with Gasteiger partial charge in [-0.05, 0) is 48.1 Å². The zero-order valence-electron chi connectivity index (χ0n) is 14.2. The van der Waals surface area contributed by atoms with E-state index in [2.05, 4.69) is 29.2 Å². The molecular formula is C21H18INO3. The summed E-state index contributed by atoms with van der Waals surface area (Å²) in [5, 5.41) is 0. The van der Waals surface area contributed by atoms with E-state index in [4.69, 9.17) is 9.15 Å². The van der Waals surface area contributed by atoms with Crippen LogP contribution in [-0.2, 0) is 19.4 Å². The molecule has 132 valence electrons. The first-order valence-electron chi connectivity index (χ1n) is 8.63. The van der Waals surface area contributed by atoms with Crippen molar-refractivity contribution in [1.82, 2.24) is 4.98 Å². The van der Waals surface area contributed by atoms with Gasteiger partial charge in [-0.3, -0.25) is 4.79 Å². The number of aromatic nitrogens is 1. The molecule has 0 saturated carbocycles. The Morgan fingerprint density at radius 1 is 1.19 bits per heavy atom. The number of Topliss-reactive ketones (excluding diaryl/α,β-unsaturated/α-hetero) is 1. The molecule has 0 bridgehead atoms. The van der Waals surface area contributed by atoms with Gasteiger partial charge in [-0.15, -0.1) is 0 Å². The molecule has 26 heavy (non-hydrogen) atoms. The van der Waals surface area contributed by atoms with Gasteiger partial charge < -0.3 is 9.15 Å². The zero-order chi connectivity index (χ0) is 17.9. The lowest BCUT2D eigenvalue weighted by atomic mass is 9.81. The second-order valence-electron chi connectivity index (χ2n) is 6.48. The normalized spacial score (nSPS) is 16.1. The monoisotopic (exact) mass is 459 g/mol. The number of rotatable bonds is 5. The Kier molecular flexibility index (Phi) is 5.06. The summed E-state index contributed by atoms with van der Waals surface area (Å²) in [6.45, 7) is 0.559. The van der Waals surface area contributed by atoms with Crippen LogP contribution in [0, 0.1) is 9.68 Å². The van der Waals surface area contributed by atoms with Crippen molar-refractivity contribution in [3.63, 3.8) is 0 Å². The highest BCUT2D eigenvalue weighted by Gasteiger charge is 2.28. The lowest BCUT2D eigenvalue weighted by Crippen LogP contribution is -2.23. The topological polar surface area (TPSA) is 52.3 Å². The van der Waals surface area contributed by atoms with Crippen molar-refractivity contribution < 1.29 is 13.9 Å². The van der Waals surface area contributed by atoms with Crippen LogP contribution >= 0.6 is 22.6 Å². The quantitative estimate of drug-likeness (QED) is 0.405. The van der Waals surface area contributed by atoms with Crippen LogP contribution < -0.4 is 4.74 Å². The summed E-state index contributed by atoms with van der Waals surface area (Å²) < 4.78 is 11.9. The molecule has 0 N–H and O–H groups in total. The van der Waals surface area contributed by atoms with Crippen molar-refractivity contribution in [1.29, 1.82) is 0 Å². The number of carbonyl (C=O) groups is 1. The van der Waals surface area contributed by atoms with Crippen molar-refractivity contribution in [3.8, 4) is 5.75 Å². The van der Waals surface area contributed by atoms with Crippen LogP contribution in [0.25, 0.3) is 0 Å². The van der Waals surface area contributed by atoms with Gasteiger partial charge in [0.2, 0.25) is 5.78 Å². The fourth-order valence-electron chi connectivity index (χ4n) is 3.33. The standard InChI is InChI=1S/C21H18INO3/c22-19-12-23-21(26-19)20(24)17-7-6-16-11-18(9-8-15(16)10-17)25-13-14-4-2-1-3-5-14/h1-5,8-9,11-12,17H,6-7,10,13H2. The first-order valence-corrected chi connectivity index (χ1v) is 9.71. The molecule has 0 aliphatic heterocycles. The molecule has 3 aromatic rings. The van der Waals surface area contributed by atoms with E-state index < -0.39 is 0 Å². The molecule has 5 heteroatoms. The van der Waals surface area contributed by atoms with E-state index in [1.165, 1.54) is 11.1 Å². The van der Waals surface area contributed by atoms with E-state index in [9.17, 15) is 4.79 Å². The molecule has 0 spiro atoms. The van der Waals surface area contributed by atoms with E-state index in [1.54, 1.807) is 6.20 Å². The number of benzene rings is 2. The third kappa shape index (κ3) is 3.82. The Balaban J connectivity index is 1.43. The maximum atomic E-state index is 12.6. The van der Waals surface area contributed by atoms with Gasteiger partial charge in [-0.25, -0.2) is 4.98 Å². The van der Waals surface area contributed by atoms with E-state index in [1.807, 2.05) is 46.9 Å². The summed E-state index contributed by atoms with van der Waals surface area (Å²) in [7, 11) is 0. The smallest absolute Gasteiger partial charge is 0.264 e.